The second-order valence-electron chi connectivity index (χ2n) is 8.12. The number of carbonyl (C=O) groups is 1. The van der Waals surface area contributed by atoms with Crippen molar-refractivity contribution >= 4 is 34.1 Å². The van der Waals surface area contributed by atoms with Gasteiger partial charge >= 0.3 is 0 Å². The molecule has 1 amide bonds. The molecule has 0 unspecified atom stereocenters. The zero-order chi connectivity index (χ0) is 21.4. The van der Waals surface area contributed by atoms with E-state index in [0.29, 0.717) is 17.3 Å². The smallest absolute Gasteiger partial charge is 0.251 e. The highest BCUT2D eigenvalue weighted by Gasteiger charge is 2.23. The molecule has 4 aromatic rings. The van der Waals surface area contributed by atoms with Gasteiger partial charge in [0, 0.05) is 29.4 Å². The van der Waals surface area contributed by atoms with E-state index in [1.807, 2.05) is 48.7 Å². The van der Waals surface area contributed by atoms with Crippen molar-refractivity contribution in [1.29, 1.82) is 0 Å². The first-order valence-corrected chi connectivity index (χ1v) is 10.9. The average Bonchev–Trinajstić information content (AvgIpc) is 3.48. The van der Waals surface area contributed by atoms with Crippen molar-refractivity contribution in [3.63, 3.8) is 0 Å². The number of fused-ring (bicyclic) bond motifs is 3. The summed E-state index contributed by atoms with van der Waals surface area (Å²) in [5, 5.41) is 6.46. The van der Waals surface area contributed by atoms with Gasteiger partial charge in [0.15, 0.2) is 11.5 Å². The first kappa shape index (κ1) is 19.4. The van der Waals surface area contributed by atoms with Crippen LogP contribution in [0.3, 0.4) is 0 Å². The number of imidazole rings is 1. The van der Waals surface area contributed by atoms with E-state index >= 15 is 0 Å². The summed E-state index contributed by atoms with van der Waals surface area (Å²) in [6.07, 6.45) is 6.17. The van der Waals surface area contributed by atoms with Gasteiger partial charge in [-0.3, -0.25) is 9.20 Å². The fraction of sp³-hybridized carbons (Fsp3) is 0.292. The van der Waals surface area contributed by atoms with Gasteiger partial charge < -0.3 is 16.4 Å². The summed E-state index contributed by atoms with van der Waals surface area (Å²) in [5.74, 6) is 0.734. The molecule has 1 fully saturated rings. The minimum absolute atomic E-state index is 0.0141. The number of nitrogen functional groups attached to an aromatic ring is 1. The van der Waals surface area contributed by atoms with Gasteiger partial charge in [0.25, 0.3) is 5.91 Å². The number of rotatable bonds is 7. The third-order valence-electron chi connectivity index (χ3n) is 5.62. The fourth-order valence-electron chi connectivity index (χ4n) is 3.75. The standard InChI is InChI=1S/C24H26N6O/c1-2-3-12-26-22-23-27-14-21(30(23)20-11-8-17(25)13-19(20)29-22)15-4-6-16(7-5-15)24(31)28-18-9-10-18/h4-8,11,13-14,18H,2-3,9-10,12,25H2,1H3,(H,26,29)(H,28,31). The maximum absolute atomic E-state index is 12.3. The summed E-state index contributed by atoms with van der Waals surface area (Å²) in [6.45, 7) is 2.99. The van der Waals surface area contributed by atoms with E-state index in [-0.39, 0.29) is 5.91 Å². The summed E-state index contributed by atoms with van der Waals surface area (Å²) in [7, 11) is 0. The van der Waals surface area contributed by atoms with Gasteiger partial charge in [-0.15, -0.1) is 0 Å². The normalized spacial score (nSPS) is 13.6. The van der Waals surface area contributed by atoms with E-state index in [9.17, 15) is 4.79 Å². The molecule has 0 saturated heterocycles. The van der Waals surface area contributed by atoms with Gasteiger partial charge in [0.05, 0.1) is 22.9 Å². The lowest BCUT2D eigenvalue weighted by molar-refractivity contribution is 0.0951. The van der Waals surface area contributed by atoms with Crippen LogP contribution in [0.15, 0.2) is 48.7 Å². The molecule has 158 valence electrons. The second kappa shape index (κ2) is 7.91. The van der Waals surface area contributed by atoms with E-state index in [1.165, 1.54) is 0 Å². The Labute approximate surface area is 180 Å². The van der Waals surface area contributed by atoms with Gasteiger partial charge in [0.2, 0.25) is 0 Å². The Kier molecular flexibility index (Phi) is 4.94. The quantitative estimate of drug-likeness (QED) is 0.310. The summed E-state index contributed by atoms with van der Waals surface area (Å²) in [5.41, 5.74) is 11.8. The molecule has 2 aromatic heterocycles. The van der Waals surface area contributed by atoms with Crippen LogP contribution < -0.4 is 16.4 Å². The molecule has 7 nitrogen and oxygen atoms in total. The minimum Gasteiger partial charge on any atom is -0.399 e. The van der Waals surface area contributed by atoms with Gasteiger partial charge in [0.1, 0.15) is 0 Å². The Balaban J connectivity index is 1.58. The average molecular weight is 415 g/mol. The molecule has 0 spiro atoms. The second-order valence-corrected chi connectivity index (χ2v) is 8.12. The number of nitrogens with one attached hydrogen (secondary N) is 2. The van der Waals surface area contributed by atoms with Crippen LogP contribution in [0, 0.1) is 0 Å². The van der Waals surface area contributed by atoms with Crippen molar-refractivity contribution < 1.29 is 4.79 Å². The molecular formula is C24H26N6O. The van der Waals surface area contributed by atoms with Crippen LogP contribution in [-0.2, 0) is 0 Å². The Hall–Kier alpha value is -3.61. The van der Waals surface area contributed by atoms with Crippen LogP contribution in [-0.4, -0.2) is 32.9 Å². The topological polar surface area (TPSA) is 97.3 Å². The first-order valence-electron chi connectivity index (χ1n) is 10.9. The zero-order valence-corrected chi connectivity index (χ0v) is 17.6. The number of benzene rings is 2. The van der Waals surface area contributed by atoms with E-state index < -0.39 is 0 Å². The number of aromatic nitrogens is 3. The van der Waals surface area contributed by atoms with E-state index in [2.05, 4.69) is 26.9 Å². The van der Waals surface area contributed by atoms with Crippen LogP contribution >= 0.6 is 0 Å². The van der Waals surface area contributed by atoms with Crippen LogP contribution in [0.1, 0.15) is 43.0 Å². The molecule has 0 aliphatic heterocycles. The molecule has 1 aliphatic rings. The SMILES string of the molecule is CCCCNc1nc2cc(N)ccc2n2c(-c3ccc(C(=O)NC4CC4)cc3)cnc12. The summed E-state index contributed by atoms with van der Waals surface area (Å²) in [6, 6.07) is 13.8. The molecule has 7 heteroatoms. The van der Waals surface area contributed by atoms with Gasteiger partial charge in [-0.05, 0) is 49.6 Å². The predicted octanol–water partition coefficient (Wildman–Crippen LogP) is 4.24. The van der Waals surface area contributed by atoms with E-state index in [4.69, 9.17) is 10.7 Å². The molecule has 0 atom stereocenters. The van der Waals surface area contributed by atoms with Gasteiger partial charge in [-0.25, -0.2) is 9.97 Å². The Morgan fingerprint density at radius 3 is 2.74 bits per heavy atom. The Morgan fingerprint density at radius 1 is 1.19 bits per heavy atom. The number of amides is 1. The number of nitrogens with zero attached hydrogens (tertiary/aromatic N) is 3. The largest absolute Gasteiger partial charge is 0.399 e. The highest BCUT2D eigenvalue weighted by atomic mass is 16.1. The monoisotopic (exact) mass is 414 g/mol. The molecule has 5 rings (SSSR count). The van der Waals surface area contributed by atoms with E-state index in [1.54, 1.807) is 0 Å². The summed E-state index contributed by atoms with van der Waals surface area (Å²) >= 11 is 0. The van der Waals surface area contributed by atoms with Crippen LogP contribution in [0.25, 0.3) is 27.9 Å². The van der Waals surface area contributed by atoms with Crippen LogP contribution in [0.5, 0.6) is 0 Å². The maximum Gasteiger partial charge on any atom is 0.251 e. The molecule has 1 aliphatic carbocycles. The number of unbranched alkanes of at least 4 members (excludes halogenated alkanes) is 1. The minimum atomic E-state index is -0.0141. The third kappa shape index (κ3) is 3.79. The van der Waals surface area contributed by atoms with Crippen molar-refractivity contribution in [2.24, 2.45) is 0 Å². The molecule has 0 bridgehead atoms. The Bertz CT molecular complexity index is 1260. The molecule has 1 saturated carbocycles. The number of carbonyl (C=O) groups excluding carboxylic acids is 1. The third-order valence-corrected chi connectivity index (χ3v) is 5.62. The van der Waals surface area contributed by atoms with Crippen molar-refractivity contribution in [1.82, 2.24) is 19.7 Å². The lowest BCUT2D eigenvalue weighted by atomic mass is 10.1. The van der Waals surface area contributed by atoms with Crippen molar-refractivity contribution in [3.05, 3.63) is 54.2 Å². The van der Waals surface area contributed by atoms with Crippen molar-refractivity contribution in [2.75, 3.05) is 17.6 Å². The maximum atomic E-state index is 12.3. The highest BCUT2D eigenvalue weighted by molar-refractivity contribution is 5.95. The van der Waals surface area contributed by atoms with Gasteiger partial charge in [-0.1, -0.05) is 25.5 Å². The van der Waals surface area contributed by atoms with Crippen molar-refractivity contribution in [3.8, 4) is 11.3 Å². The molecule has 4 N–H and O–H groups in total. The lowest BCUT2D eigenvalue weighted by Crippen LogP contribution is -2.25. The Morgan fingerprint density at radius 2 is 2.00 bits per heavy atom. The summed E-state index contributed by atoms with van der Waals surface area (Å²) < 4.78 is 2.11. The fourth-order valence-corrected chi connectivity index (χ4v) is 3.75. The molecule has 2 heterocycles. The van der Waals surface area contributed by atoms with Crippen LogP contribution in [0.4, 0.5) is 11.5 Å². The summed E-state index contributed by atoms with van der Waals surface area (Å²) in [4.78, 5) is 21.8. The van der Waals surface area contributed by atoms with Crippen molar-refractivity contribution in [2.45, 2.75) is 38.6 Å². The number of anilines is 2. The molecule has 0 radical (unpaired) electrons. The first-order chi connectivity index (χ1) is 15.1. The molecule has 2 aromatic carbocycles. The van der Waals surface area contributed by atoms with Crippen LogP contribution in [0.2, 0.25) is 0 Å². The number of hydrogen-bond acceptors (Lipinski definition) is 5. The lowest BCUT2D eigenvalue weighted by Gasteiger charge is -2.12. The van der Waals surface area contributed by atoms with Gasteiger partial charge in [-0.2, -0.15) is 0 Å². The van der Waals surface area contributed by atoms with E-state index in [0.717, 1.165) is 66.0 Å². The molecular weight excluding hydrogens is 388 g/mol. The molecule has 31 heavy (non-hydrogen) atoms. The zero-order valence-electron chi connectivity index (χ0n) is 17.6. The predicted molar refractivity (Wildman–Crippen MR) is 124 cm³/mol. The number of nitrogens with two attached hydrogens (primary N) is 1. The highest BCUT2D eigenvalue weighted by Crippen LogP contribution is 2.29. The number of hydrogen-bond donors (Lipinski definition) is 3.